The van der Waals surface area contributed by atoms with Gasteiger partial charge in [-0.2, -0.15) is 0 Å². The zero-order valence-corrected chi connectivity index (χ0v) is 43.9. The van der Waals surface area contributed by atoms with Crippen LogP contribution < -0.4 is 5.32 Å². The van der Waals surface area contributed by atoms with Crippen molar-refractivity contribution in [2.45, 2.75) is 238 Å². The van der Waals surface area contributed by atoms with E-state index in [0.717, 1.165) is 57.8 Å². The van der Waals surface area contributed by atoms with Crippen molar-refractivity contribution in [3.8, 4) is 0 Å². The molecular weight excluding hydrogens is 828 g/mol. The number of unbranched alkanes of at least 4 members (excludes halogenated alkanes) is 25. The third-order valence-electron chi connectivity index (χ3n) is 11.7. The number of carbonyl (C=O) groups is 1. The molecule has 0 bridgehead atoms. The molecule has 9 heteroatoms. The molecule has 0 aliphatic carbocycles. The number of quaternary nitrogens is 1. The maximum atomic E-state index is 12.9. The molecule has 0 aliphatic heterocycles. The number of aliphatic hydroxyl groups excluding tert-OH is 1. The van der Waals surface area contributed by atoms with Gasteiger partial charge in [-0.05, 0) is 70.6 Å². The summed E-state index contributed by atoms with van der Waals surface area (Å²) < 4.78 is 23.6. The standard InChI is InChI=1S/C56H103N2O6P/c1-6-8-10-12-14-16-18-20-22-23-24-25-26-27-28-29-30-31-32-33-34-36-37-39-41-43-45-47-49-55(59)54(53-64-65(61,62)63-52-51-58(3,4)5)57-56(60)50-48-46-44-42-40-38-35-21-19-17-15-13-11-9-7-2/h9,11,15,17,21,35,39-42,47,49,54-55,59H,6-8,10,12-14,16,18-20,22-34,36-38,43-46,48,50-53H2,1-5H3,(H-,57,60,61,62)/p+1/b11-9-,17-15-,35-21-,41-39+,42-40-,49-47+. The van der Waals surface area contributed by atoms with E-state index in [0.29, 0.717) is 23.9 Å². The molecule has 378 valence electrons. The molecule has 3 unspecified atom stereocenters. The molecule has 0 aliphatic rings. The van der Waals surface area contributed by atoms with E-state index < -0.39 is 20.0 Å². The molecule has 0 rings (SSSR count). The summed E-state index contributed by atoms with van der Waals surface area (Å²) in [5.74, 6) is -0.228. The Morgan fingerprint density at radius 2 is 0.938 bits per heavy atom. The first-order valence-corrected chi connectivity index (χ1v) is 28.3. The van der Waals surface area contributed by atoms with Crippen LogP contribution in [0.1, 0.15) is 226 Å². The number of aliphatic hydroxyl groups is 1. The highest BCUT2D eigenvalue weighted by atomic mass is 31.2. The Hall–Kier alpha value is -2.06. The average Bonchev–Trinajstić information content (AvgIpc) is 3.26. The third-order valence-corrected chi connectivity index (χ3v) is 12.6. The van der Waals surface area contributed by atoms with Crippen molar-refractivity contribution in [3.63, 3.8) is 0 Å². The molecule has 0 aromatic carbocycles. The number of nitrogens with zero attached hydrogens (tertiary/aromatic N) is 1. The normalized spacial score (nSPS) is 14.6. The first-order valence-electron chi connectivity index (χ1n) is 26.8. The van der Waals surface area contributed by atoms with Crippen LogP contribution in [0.25, 0.3) is 0 Å². The lowest BCUT2D eigenvalue weighted by Crippen LogP contribution is -2.45. The number of rotatable bonds is 48. The topological polar surface area (TPSA) is 105 Å². The van der Waals surface area contributed by atoms with Gasteiger partial charge in [0, 0.05) is 6.42 Å². The van der Waals surface area contributed by atoms with E-state index in [9.17, 15) is 19.4 Å². The number of phosphoric acid groups is 1. The van der Waals surface area contributed by atoms with Crippen LogP contribution in [-0.2, 0) is 18.4 Å². The largest absolute Gasteiger partial charge is 0.472 e. The Morgan fingerprint density at radius 3 is 1.42 bits per heavy atom. The number of nitrogens with one attached hydrogen (secondary N) is 1. The Labute approximate surface area is 402 Å². The number of hydrogen-bond acceptors (Lipinski definition) is 5. The second-order valence-electron chi connectivity index (χ2n) is 19.2. The van der Waals surface area contributed by atoms with E-state index in [2.05, 4.69) is 79.9 Å². The molecule has 0 aromatic heterocycles. The number of likely N-dealkylation sites (N-methyl/N-ethyl adjacent to an activating group) is 1. The van der Waals surface area contributed by atoms with E-state index in [1.54, 1.807) is 6.08 Å². The lowest BCUT2D eigenvalue weighted by molar-refractivity contribution is -0.870. The van der Waals surface area contributed by atoms with Gasteiger partial charge in [-0.3, -0.25) is 13.8 Å². The summed E-state index contributed by atoms with van der Waals surface area (Å²) >= 11 is 0. The van der Waals surface area contributed by atoms with Gasteiger partial charge in [0.05, 0.1) is 39.9 Å². The van der Waals surface area contributed by atoms with Gasteiger partial charge in [0.25, 0.3) is 0 Å². The summed E-state index contributed by atoms with van der Waals surface area (Å²) in [5, 5.41) is 13.8. The molecule has 0 heterocycles. The molecule has 65 heavy (non-hydrogen) atoms. The maximum Gasteiger partial charge on any atom is 0.472 e. The molecule has 0 fully saturated rings. The highest BCUT2D eigenvalue weighted by Gasteiger charge is 2.27. The summed E-state index contributed by atoms with van der Waals surface area (Å²) in [7, 11) is 1.52. The maximum absolute atomic E-state index is 12.9. The minimum Gasteiger partial charge on any atom is -0.387 e. The van der Waals surface area contributed by atoms with Gasteiger partial charge < -0.3 is 19.8 Å². The summed E-state index contributed by atoms with van der Waals surface area (Å²) in [4.78, 5) is 23.2. The number of amides is 1. The molecule has 0 radical (unpaired) electrons. The van der Waals surface area contributed by atoms with Crippen molar-refractivity contribution in [2.24, 2.45) is 0 Å². The van der Waals surface area contributed by atoms with E-state index in [1.165, 1.54) is 141 Å². The second kappa shape index (κ2) is 47.0. The van der Waals surface area contributed by atoms with Gasteiger partial charge >= 0.3 is 7.82 Å². The fourth-order valence-electron chi connectivity index (χ4n) is 7.46. The highest BCUT2D eigenvalue weighted by molar-refractivity contribution is 7.47. The molecule has 3 N–H and O–H groups in total. The Morgan fingerprint density at radius 1 is 0.538 bits per heavy atom. The van der Waals surface area contributed by atoms with Crippen molar-refractivity contribution in [2.75, 3.05) is 40.9 Å². The predicted molar refractivity (Wildman–Crippen MR) is 281 cm³/mol. The van der Waals surface area contributed by atoms with Crippen LogP contribution in [0.5, 0.6) is 0 Å². The molecule has 1 amide bonds. The average molecular weight is 932 g/mol. The molecule has 0 saturated carbocycles. The Bertz CT molecular complexity index is 1290. The van der Waals surface area contributed by atoms with Gasteiger partial charge in [0.2, 0.25) is 5.91 Å². The number of allylic oxidation sites excluding steroid dienone is 11. The van der Waals surface area contributed by atoms with Crippen LogP contribution in [0.2, 0.25) is 0 Å². The molecule has 0 spiro atoms. The Kier molecular flexibility index (Phi) is 45.5. The highest BCUT2D eigenvalue weighted by Crippen LogP contribution is 2.43. The van der Waals surface area contributed by atoms with Gasteiger partial charge in [0.15, 0.2) is 0 Å². The van der Waals surface area contributed by atoms with Crippen molar-refractivity contribution in [3.05, 3.63) is 72.9 Å². The zero-order chi connectivity index (χ0) is 47.8. The van der Waals surface area contributed by atoms with Crippen molar-refractivity contribution >= 4 is 13.7 Å². The summed E-state index contributed by atoms with van der Waals surface area (Å²) in [6, 6.07) is -0.889. The van der Waals surface area contributed by atoms with Crippen molar-refractivity contribution in [1.82, 2.24) is 5.32 Å². The Balaban J connectivity index is 4.28. The number of phosphoric ester groups is 1. The summed E-state index contributed by atoms with van der Waals surface area (Å²) in [6.07, 6.45) is 64.5. The molecule has 3 atom stereocenters. The SMILES string of the molecule is CC/C=C\C/C=C\C/C=C\C/C=C\CCCCC(=O)NC(COP(=O)(O)OCC[N+](C)(C)C)C(O)/C=C/CC/C=C/CCCCCCCCCCCCCCCCCCCCCCCC. The lowest BCUT2D eigenvalue weighted by atomic mass is 10.0. The first kappa shape index (κ1) is 62.9. The van der Waals surface area contributed by atoms with E-state index >= 15 is 0 Å². The van der Waals surface area contributed by atoms with Crippen LogP contribution in [0, 0.1) is 0 Å². The van der Waals surface area contributed by atoms with E-state index in [4.69, 9.17) is 9.05 Å². The lowest BCUT2D eigenvalue weighted by Gasteiger charge is -2.25. The fraction of sp³-hybridized carbons (Fsp3) is 0.768. The first-order chi connectivity index (χ1) is 31.5. The number of carbonyl (C=O) groups excluding carboxylic acids is 1. The van der Waals surface area contributed by atoms with Gasteiger partial charge in [-0.15, -0.1) is 0 Å². The quantitative estimate of drug-likeness (QED) is 0.0243. The number of hydrogen-bond donors (Lipinski definition) is 3. The molecule has 8 nitrogen and oxygen atoms in total. The predicted octanol–water partition coefficient (Wildman–Crippen LogP) is 15.9. The van der Waals surface area contributed by atoms with E-state index in [1.807, 2.05) is 27.2 Å². The van der Waals surface area contributed by atoms with Gasteiger partial charge in [-0.25, -0.2) is 4.57 Å². The van der Waals surface area contributed by atoms with Crippen LogP contribution in [0.15, 0.2) is 72.9 Å². The molecule has 0 saturated heterocycles. The third kappa shape index (κ3) is 49.7. The fourth-order valence-corrected chi connectivity index (χ4v) is 8.20. The van der Waals surface area contributed by atoms with Crippen molar-refractivity contribution < 1.29 is 32.9 Å². The van der Waals surface area contributed by atoms with Crippen LogP contribution >= 0.6 is 7.82 Å². The van der Waals surface area contributed by atoms with Crippen molar-refractivity contribution in [1.29, 1.82) is 0 Å². The van der Waals surface area contributed by atoms with Crippen LogP contribution in [-0.4, -0.2) is 73.4 Å². The van der Waals surface area contributed by atoms with Gasteiger partial charge in [-0.1, -0.05) is 222 Å². The molecular formula is C56H104N2O6P+. The smallest absolute Gasteiger partial charge is 0.387 e. The monoisotopic (exact) mass is 932 g/mol. The summed E-state index contributed by atoms with van der Waals surface area (Å²) in [5.41, 5.74) is 0. The van der Waals surface area contributed by atoms with Gasteiger partial charge in [0.1, 0.15) is 13.2 Å². The zero-order valence-electron chi connectivity index (χ0n) is 43.0. The second-order valence-corrected chi connectivity index (χ2v) is 20.7. The summed E-state index contributed by atoms with van der Waals surface area (Å²) in [6.45, 7) is 4.65. The van der Waals surface area contributed by atoms with Crippen LogP contribution in [0.4, 0.5) is 0 Å². The minimum atomic E-state index is -4.37. The van der Waals surface area contributed by atoms with E-state index in [-0.39, 0.29) is 19.1 Å². The minimum absolute atomic E-state index is 0.0448. The van der Waals surface area contributed by atoms with Crippen LogP contribution in [0.3, 0.4) is 0 Å². The molecule has 0 aromatic rings.